The van der Waals surface area contributed by atoms with Gasteiger partial charge in [0.25, 0.3) is 0 Å². The molecule has 1 aromatic heterocycles. The zero-order valence-electron chi connectivity index (χ0n) is 17.1. The summed E-state index contributed by atoms with van der Waals surface area (Å²) in [5, 5.41) is 2.57. The molecule has 148 valence electrons. The van der Waals surface area contributed by atoms with Crippen molar-refractivity contribution >= 4 is 21.8 Å². The average Bonchev–Trinajstić information content (AvgIpc) is 3.10. The van der Waals surface area contributed by atoms with Gasteiger partial charge in [-0.3, -0.25) is 4.90 Å². The van der Waals surface area contributed by atoms with Crippen molar-refractivity contribution in [2.24, 2.45) is 7.05 Å². The molecule has 4 aromatic rings. The quantitative estimate of drug-likeness (QED) is 0.518. The molecule has 0 radical (unpaired) electrons. The third-order valence-corrected chi connectivity index (χ3v) is 6.22. The van der Waals surface area contributed by atoms with Gasteiger partial charge in [-0.1, -0.05) is 60.7 Å². The third kappa shape index (κ3) is 3.78. The number of hydrogen-bond acceptors (Lipinski definition) is 3. The van der Waals surface area contributed by atoms with E-state index in [1.807, 2.05) is 0 Å². The largest absolute Gasteiger partial charge is 0.331 e. The predicted molar refractivity (Wildman–Crippen MR) is 120 cm³/mol. The Labute approximate surface area is 172 Å². The van der Waals surface area contributed by atoms with Crippen molar-refractivity contribution in [1.29, 1.82) is 0 Å². The molecule has 4 heteroatoms. The first-order valence-electron chi connectivity index (χ1n) is 10.6. The zero-order chi connectivity index (χ0) is 19.6. The fraction of sp³-hybridized carbons (Fsp3) is 0.320. The van der Waals surface area contributed by atoms with Crippen molar-refractivity contribution in [1.82, 2.24) is 19.4 Å². The van der Waals surface area contributed by atoms with Gasteiger partial charge < -0.3 is 9.47 Å². The molecule has 3 aromatic carbocycles. The van der Waals surface area contributed by atoms with Gasteiger partial charge >= 0.3 is 0 Å². The molecule has 0 aliphatic carbocycles. The van der Waals surface area contributed by atoms with E-state index < -0.39 is 0 Å². The number of hydrogen-bond donors (Lipinski definition) is 0. The molecule has 0 unspecified atom stereocenters. The Morgan fingerprint density at radius 3 is 2.34 bits per heavy atom. The van der Waals surface area contributed by atoms with Gasteiger partial charge in [0.05, 0.1) is 11.0 Å². The fourth-order valence-electron chi connectivity index (χ4n) is 4.52. The summed E-state index contributed by atoms with van der Waals surface area (Å²) in [6.07, 6.45) is 0.998. The molecule has 1 aliphatic rings. The van der Waals surface area contributed by atoms with Gasteiger partial charge in [0.15, 0.2) is 0 Å². The van der Waals surface area contributed by atoms with Crippen LogP contribution in [0.25, 0.3) is 21.8 Å². The van der Waals surface area contributed by atoms with Gasteiger partial charge in [-0.05, 0) is 17.0 Å². The molecular formula is C25H28N4. The normalized spacial score (nSPS) is 16.0. The first kappa shape index (κ1) is 18.3. The van der Waals surface area contributed by atoms with E-state index in [4.69, 9.17) is 4.98 Å². The first-order chi connectivity index (χ1) is 14.3. The second-order valence-electron chi connectivity index (χ2n) is 8.09. The highest BCUT2D eigenvalue weighted by atomic mass is 15.3. The van der Waals surface area contributed by atoms with Crippen molar-refractivity contribution in [3.63, 3.8) is 0 Å². The van der Waals surface area contributed by atoms with E-state index >= 15 is 0 Å². The van der Waals surface area contributed by atoms with Crippen molar-refractivity contribution in [2.75, 3.05) is 32.7 Å². The highest BCUT2D eigenvalue weighted by Gasteiger charge is 2.18. The molecule has 1 aliphatic heterocycles. The molecule has 0 N–H and O–H groups in total. The lowest BCUT2D eigenvalue weighted by Gasteiger charge is -2.34. The van der Waals surface area contributed by atoms with Crippen molar-refractivity contribution in [2.45, 2.75) is 13.0 Å². The van der Waals surface area contributed by atoms with E-state index in [9.17, 15) is 0 Å². The molecular weight excluding hydrogens is 356 g/mol. The van der Waals surface area contributed by atoms with Crippen LogP contribution in [0.4, 0.5) is 0 Å². The average molecular weight is 385 g/mol. The van der Waals surface area contributed by atoms with Crippen LogP contribution in [0.15, 0.2) is 66.7 Å². The number of rotatable bonds is 5. The Balaban J connectivity index is 1.23. The van der Waals surface area contributed by atoms with Gasteiger partial charge in [0.2, 0.25) is 0 Å². The van der Waals surface area contributed by atoms with Crippen molar-refractivity contribution in [3.05, 3.63) is 78.1 Å². The second-order valence-corrected chi connectivity index (χ2v) is 8.09. The molecule has 0 saturated carbocycles. The third-order valence-electron chi connectivity index (χ3n) is 6.22. The molecule has 1 fully saturated rings. The summed E-state index contributed by atoms with van der Waals surface area (Å²) in [7, 11) is 2.16. The molecule has 29 heavy (non-hydrogen) atoms. The van der Waals surface area contributed by atoms with E-state index in [1.54, 1.807) is 0 Å². The maximum Gasteiger partial charge on any atom is 0.110 e. The van der Waals surface area contributed by atoms with Gasteiger partial charge in [-0.25, -0.2) is 4.98 Å². The SMILES string of the molecule is Cn1c(CCN2CCN(Cc3ccccc3)CC2)nc2ccc3ccccc3c21. The predicted octanol–water partition coefficient (Wildman–Crippen LogP) is 4.09. The number of fused-ring (bicyclic) bond motifs is 3. The molecule has 1 saturated heterocycles. The summed E-state index contributed by atoms with van der Waals surface area (Å²) in [5.74, 6) is 1.18. The lowest BCUT2D eigenvalue weighted by Crippen LogP contribution is -2.46. The van der Waals surface area contributed by atoms with Gasteiger partial charge in [0, 0.05) is 58.1 Å². The minimum Gasteiger partial charge on any atom is -0.331 e. The van der Waals surface area contributed by atoms with Crippen molar-refractivity contribution in [3.8, 4) is 0 Å². The molecule has 0 atom stereocenters. The Morgan fingerprint density at radius 1 is 0.793 bits per heavy atom. The summed E-state index contributed by atoms with van der Waals surface area (Å²) >= 11 is 0. The Bertz CT molecular complexity index is 1110. The Kier molecular flexibility index (Phi) is 5.04. The van der Waals surface area contributed by atoms with Crippen LogP contribution in [0.1, 0.15) is 11.4 Å². The first-order valence-corrected chi connectivity index (χ1v) is 10.6. The van der Waals surface area contributed by atoms with Crippen LogP contribution >= 0.6 is 0 Å². The topological polar surface area (TPSA) is 24.3 Å². The molecule has 5 rings (SSSR count). The molecule has 2 heterocycles. The number of piperazine rings is 1. The highest BCUT2D eigenvalue weighted by molar-refractivity contribution is 6.04. The van der Waals surface area contributed by atoms with Crippen LogP contribution in [-0.4, -0.2) is 52.1 Å². The maximum absolute atomic E-state index is 4.94. The Hall–Kier alpha value is -2.69. The zero-order valence-corrected chi connectivity index (χ0v) is 17.1. The number of imidazole rings is 1. The van der Waals surface area contributed by atoms with Crippen LogP contribution in [0, 0.1) is 0 Å². The van der Waals surface area contributed by atoms with E-state index in [0.717, 1.165) is 51.2 Å². The maximum atomic E-state index is 4.94. The van der Waals surface area contributed by atoms with Crippen LogP contribution < -0.4 is 0 Å². The lowest BCUT2D eigenvalue weighted by molar-refractivity contribution is 0.127. The van der Waals surface area contributed by atoms with Gasteiger partial charge in [-0.2, -0.15) is 0 Å². The number of aryl methyl sites for hydroxylation is 1. The number of benzene rings is 3. The lowest BCUT2D eigenvalue weighted by atomic mass is 10.1. The summed E-state index contributed by atoms with van der Waals surface area (Å²) in [4.78, 5) is 10.1. The summed E-state index contributed by atoms with van der Waals surface area (Å²) in [5.41, 5.74) is 3.77. The molecule has 0 spiro atoms. The summed E-state index contributed by atoms with van der Waals surface area (Å²) in [6.45, 7) is 6.70. The minimum absolute atomic E-state index is 0.998. The van der Waals surface area contributed by atoms with Crippen LogP contribution in [0.2, 0.25) is 0 Å². The summed E-state index contributed by atoms with van der Waals surface area (Å²) in [6, 6.07) is 23.7. The second kappa shape index (κ2) is 7.97. The van der Waals surface area contributed by atoms with E-state index in [-0.39, 0.29) is 0 Å². The van der Waals surface area contributed by atoms with E-state index in [2.05, 4.69) is 88.1 Å². The standard InChI is InChI=1S/C25H28N4/c1-27-24(26-23-12-11-21-9-5-6-10-22(21)25(23)27)13-14-28-15-17-29(18-16-28)19-20-7-3-2-4-8-20/h2-12H,13-19H2,1H3. The highest BCUT2D eigenvalue weighted by Crippen LogP contribution is 2.25. The molecule has 0 amide bonds. The van der Waals surface area contributed by atoms with E-state index in [0.29, 0.717) is 0 Å². The van der Waals surface area contributed by atoms with Crippen molar-refractivity contribution < 1.29 is 0 Å². The van der Waals surface area contributed by atoms with Gasteiger partial charge in [-0.15, -0.1) is 0 Å². The summed E-state index contributed by atoms with van der Waals surface area (Å²) < 4.78 is 2.29. The van der Waals surface area contributed by atoms with Crippen LogP contribution in [0.5, 0.6) is 0 Å². The smallest absolute Gasteiger partial charge is 0.110 e. The monoisotopic (exact) mass is 384 g/mol. The van der Waals surface area contributed by atoms with Crippen LogP contribution in [0.3, 0.4) is 0 Å². The molecule has 4 nitrogen and oxygen atoms in total. The minimum atomic E-state index is 0.998. The molecule has 0 bridgehead atoms. The fourth-order valence-corrected chi connectivity index (χ4v) is 4.52. The van der Waals surface area contributed by atoms with Crippen LogP contribution in [-0.2, 0) is 20.0 Å². The Morgan fingerprint density at radius 2 is 1.52 bits per heavy atom. The van der Waals surface area contributed by atoms with Gasteiger partial charge in [0.1, 0.15) is 5.82 Å². The van der Waals surface area contributed by atoms with E-state index in [1.165, 1.54) is 27.7 Å². The number of aromatic nitrogens is 2. The number of nitrogens with zero attached hydrogens (tertiary/aromatic N) is 4.